The molecule has 1 unspecified atom stereocenters. The molecule has 0 saturated carbocycles. The number of pyridine rings is 1. The average Bonchev–Trinajstić information content (AvgIpc) is 2.89. The zero-order valence-electron chi connectivity index (χ0n) is 11.5. The molecule has 2 N–H and O–H groups in total. The van der Waals surface area contributed by atoms with Gasteiger partial charge in [-0.2, -0.15) is 13.2 Å². The van der Waals surface area contributed by atoms with E-state index in [1.807, 2.05) is 0 Å². The number of nitrogens with two attached hydrogens (primary N) is 1. The average molecular weight is 319 g/mol. The van der Waals surface area contributed by atoms with E-state index in [9.17, 15) is 13.2 Å². The van der Waals surface area contributed by atoms with Gasteiger partial charge >= 0.3 is 6.18 Å². The Morgan fingerprint density at radius 1 is 1.52 bits per heavy atom. The van der Waals surface area contributed by atoms with Crippen molar-refractivity contribution >= 4 is 23.0 Å². The second kappa shape index (κ2) is 6.15. The largest absolute Gasteiger partial charge is 0.433 e. The second-order valence-corrected chi connectivity index (χ2v) is 5.39. The predicted molar refractivity (Wildman–Crippen MR) is 77.4 cm³/mol. The number of halogens is 3. The Kier molecular flexibility index (Phi) is 4.67. The Hall–Kier alpha value is -1.41. The highest BCUT2D eigenvalue weighted by molar-refractivity contribution is 7.80. The van der Waals surface area contributed by atoms with Crippen molar-refractivity contribution in [1.82, 2.24) is 4.98 Å². The highest BCUT2D eigenvalue weighted by atomic mass is 32.1. The lowest BCUT2D eigenvalue weighted by Crippen LogP contribution is -2.31. The molecule has 0 radical (unpaired) electrons. The minimum Gasteiger partial charge on any atom is -0.389 e. The van der Waals surface area contributed by atoms with Crippen LogP contribution in [0.1, 0.15) is 24.1 Å². The highest BCUT2D eigenvalue weighted by Crippen LogP contribution is 2.30. The first-order valence-corrected chi connectivity index (χ1v) is 6.90. The molecule has 1 aromatic heterocycles. The molecular weight excluding hydrogens is 303 g/mol. The summed E-state index contributed by atoms with van der Waals surface area (Å²) in [6.45, 7) is 1.13. The number of ether oxygens (including phenoxy) is 1. The van der Waals surface area contributed by atoms with Gasteiger partial charge in [-0.05, 0) is 25.0 Å². The third-order valence-electron chi connectivity index (χ3n) is 3.29. The molecule has 1 aliphatic rings. The van der Waals surface area contributed by atoms with Crippen LogP contribution in [0.4, 0.5) is 19.0 Å². The summed E-state index contributed by atoms with van der Waals surface area (Å²) in [5.41, 5.74) is 4.94. The zero-order chi connectivity index (χ0) is 15.6. The maximum atomic E-state index is 12.8. The van der Waals surface area contributed by atoms with Crippen LogP contribution < -0.4 is 10.6 Å². The van der Waals surface area contributed by atoms with Crippen LogP contribution in [0.5, 0.6) is 0 Å². The summed E-state index contributed by atoms with van der Waals surface area (Å²) in [4.78, 5) is 5.31. The molecule has 0 amide bonds. The molecule has 1 fully saturated rings. The Morgan fingerprint density at radius 2 is 2.24 bits per heavy atom. The van der Waals surface area contributed by atoms with Crippen LogP contribution in [-0.4, -0.2) is 36.3 Å². The third-order valence-corrected chi connectivity index (χ3v) is 3.51. The molecule has 1 aliphatic heterocycles. The minimum absolute atomic E-state index is 0.00876. The number of anilines is 1. The Bertz CT molecular complexity index is 530. The molecule has 0 spiro atoms. The van der Waals surface area contributed by atoms with E-state index in [-0.39, 0.29) is 16.9 Å². The number of aromatic nitrogens is 1. The van der Waals surface area contributed by atoms with Crippen molar-refractivity contribution in [3.05, 3.63) is 23.4 Å². The first-order valence-electron chi connectivity index (χ1n) is 6.50. The second-order valence-electron chi connectivity index (χ2n) is 4.95. The van der Waals surface area contributed by atoms with Crippen molar-refractivity contribution in [3.8, 4) is 0 Å². The molecule has 4 nitrogen and oxygen atoms in total. The van der Waals surface area contributed by atoms with Gasteiger partial charge in [-0.25, -0.2) is 4.98 Å². The Balaban J connectivity index is 2.31. The fraction of sp³-hybridized carbons (Fsp3) is 0.538. The van der Waals surface area contributed by atoms with E-state index >= 15 is 0 Å². The van der Waals surface area contributed by atoms with Crippen LogP contribution >= 0.6 is 12.2 Å². The first kappa shape index (κ1) is 16.0. The smallest absolute Gasteiger partial charge is 0.389 e. The topological polar surface area (TPSA) is 51.4 Å². The lowest BCUT2D eigenvalue weighted by atomic mass is 10.2. The maximum absolute atomic E-state index is 12.8. The van der Waals surface area contributed by atoms with E-state index in [0.717, 1.165) is 18.9 Å². The molecule has 0 aliphatic carbocycles. The summed E-state index contributed by atoms with van der Waals surface area (Å²) in [6.07, 6.45) is -2.68. The molecule has 1 aromatic rings. The number of hydrogen-bond donors (Lipinski definition) is 1. The summed E-state index contributed by atoms with van der Waals surface area (Å²) < 4.78 is 43.9. The molecule has 21 heavy (non-hydrogen) atoms. The Labute approximate surface area is 126 Å². The van der Waals surface area contributed by atoms with E-state index in [1.54, 1.807) is 11.9 Å². The molecule has 2 heterocycles. The fourth-order valence-corrected chi connectivity index (χ4v) is 2.43. The summed E-state index contributed by atoms with van der Waals surface area (Å²) >= 11 is 4.89. The van der Waals surface area contributed by atoms with Gasteiger partial charge in [0.25, 0.3) is 0 Å². The van der Waals surface area contributed by atoms with Crippen LogP contribution in [0.2, 0.25) is 0 Å². The molecule has 1 atom stereocenters. The van der Waals surface area contributed by atoms with Gasteiger partial charge in [0.1, 0.15) is 16.5 Å². The minimum atomic E-state index is -4.51. The zero-order valence-corrected chi connectivity index (χ0v) is 12.3. The van der Waals surface area contributed by atoms with Gasteiger partial charge in [-0.15, -0.1) is 0 Å². The molecule has 1 saturated heterocycles. The molecule has 0 bridgehead atoms. The van der Waals surface area contributed by atoms with Crippen molar-refractivity contribution in [3.63, 3.8) is 0 Å². The number of nitrogens with zero attached hydrogens (tertiary/aromatic N) is 2. The number of likely N-dealkylation sites (N-methyl/N-ethyl adjacent to an activating group) is 1. The van der Waals surface area contributed by atoms with Gasteiger partial charge in [-0.1, -0.05) is 12.2 Å². The normalized spacial score (nSPS) is 18.8. The quantitative estimate of drug-likeness (QED) is 0.864. The van der Waals surface area contributed by atoms with Crippen molar-refractivity contribution in [2.75, 3.05) is 25.1 Å². The first-order chi connectivity index (χ1) is 9.79. The van der Waals surface area contributed by atoms with Crippen LogP contribution in [-0.2, 0) is 10.9 Å². The number of alkyl halides is 3. The van der Waals surface area contributed by atoms with Crippen molar-refractivity contribution < 1.29 is 17.9 Å². The van der Waals surface area contributed by atoms with Crippen LogP contribution in [0.3, 0.4) is 0 Å². The maximum Gasteiger partial charge on any atom is 0.433 e. The SMILES string of the molecule is CN(CC1CCCO1)c1nc(C(F)(F)F)ccc1C(N)=S. The van der Waals surface area contributed by atoms with Gasteiger partial charge in [0.15, 0.2) is 0 Å². The monoisotopic (exact) mass is 319 g/mol. The highest BCUT2D eigenvalue weighted by Gasteiger charge is 2.34. The van der Waals surface area contributed by atoms with Crippen molar-refractivity contribution in [2.24, 2.45) is 5.73 Å². The molecule has 0 aromatic carbocycles. The van der Waals surface area contributed by atoms with E-state index in [4.69, 9.17) is 22.7 Å². The van der Waals surface area contributed by atoms with Gasteiger partial charge < -0.3 is 15.4 Å². The lowest BCUT2D eigenvalue weighted by molar-refractivity contribution is -0.141. The van der Waals surface area contributed by atoms with E-state index in [0.29, 0.717) is 18.7 Å². The number of hydrogen-bond acceptors (Lipinski definition) is 4. The van der Waals surface area contributed by atoms with E-state index in [2.05, 4.69) is 4.98 Å². The van der Waals surface area contributed by atoms with Gasteiger partial charge in [0.2, 0.25) is 0 Å². The van der Waals surface area contributed by atoms with Crippen LogP contribution in [0.25, 0.3) is 0 Å². The standard InChI is InChI=1S/C13H16F3N3OS/c1-19(7-8-3-2-6-20-8)12-9(11(17)21)4-5-10(18-12)13(14,15)16/h4-5,8H,2-3,6-7H2,1H3,(H2,17,21). The van der Waals surface area contributed by atoms with E-state index in [1.165, 1.54) is 6.07 Å². The van der Waals surface area contributed by atoms with Crippen LogP contribution in [0, 0.1) is 0 Å². The summed E-state index contributed by atoms with van der Waals surface area (Å²) in [6, 6.07) is 2.15. The lowest BCUT2D eigenvalue weighted by Gasteiger charge is -2.24. The summed E-state index contributed by atoms with van der Waals surface area (Å²) in [7, 11) is 1.66. The Morgan fingerprint density at radius 3 is 2.76 bits per heavy atom. The van der Waals surface area contributed by atoms with Gasteiger partial charge in [0.05, 0.1) is 11.7 Å². The van der Waals surface area contributed by atoms with E-state index < -0.39 is 11.9 Å². The van der Waals surface area contributed by atoms with Gasteiger partial charge in [0, 0.05) is 20.2 Å². The molecule has 2 rings (SSSR count). The van der Waals surface area contributed by atoms with Crippen molar-refractivity contribution in [1.29, 1.82) is 0 Å². The molecule has 8 heteroatoms. The van der Waals surface area contributed by atoms with Gasteiger partial charge in [-0.3, -0.25) is 0 Å². The summed E-state index contributed by atoms with van der Waals surface area (Å²) in [5, 5.41) is 0. The number of rotatable bonds is 4. The molecular formula is C13H16F3N3OS. The number of thiocarbonyl (C=S) groups is 1. The molecule has 116 valence electrons. The van der Waals surface area contributed by atoms with Crippen molar-refractivity contribution in [2.45, 2.75) is 25.1 Å². The third kappa shape index (κ3) is 3.82. The van der Waals surface area contributed by atoms with Crippen LogP contribution in [0.15, 0.2) is 12.1 Å². The summed E-state index contributed by atoms with van der Waals surface area (Å²) in [5.74, 6) is 0.132. The predicted octanol–water partition coefficient (Wildman–Crippen LogP) is 2.35. The fourth-order valence-electron chi connectivity index (χ4n) is 2.27.